The van der Waals surface area contributed by atoms with Crippen molar-refractivity contribution < 1.29 is 9.53 Å². The lowest BCUT2D eigenvalue weighted by Gasteiger charge is -2.43. The number of piperidine rings is 1. The molecule has 1 amide bonds. The first-order valence-electron chi connectivity index (χ1n) is 14.6. The van der Waals surface area contributed by atoms with E-state index < -0.39 is 0 Å². The zero-order valence-electron chi connectivity index (χ0n) is 23.6. The molecule has 0 radical (unpaired) electrons. The van der Waals surface area contributed by atoms with Gasteiger partial charge in [0.2, 0.25) is 0 Å². The minimum Gasteiger partial charge on any atom is -0.490 e. The number of amides is 1. The Morgan fingerprint density at radius 1 is 0.897 bits per heavy atom. The van der Waals surface area contributed by atoms with Gasteiger partial charge in [-0.2, -0.15) is 0 Å². The summed E-state index contributed by atoms with van der Waals surface area (Å²) in [5.41, 5.74) is 4.60. The fourth-order valence-electron chi connectivity index (χ4n) is 6.12. The fourth-order valence-corrected chi connectivity index (χ4v) is 6.12. The Morgan fingerprint density at radius 3 is 2.28 bits per heavy atom. The number of rotatable bonds is 9. The van der Waals surface area contributed by atoms with Crippen molar-refractivity contribution in [3.8, 4) is 16.9 Å². The molecule has 0 bridgehead atoms. The molecule has 1 aliphatic carbocycles. The Morgan fingerprint density at radius 2 is 1.59 bits per heavy atom. The molecule has 1 saturated carbocycles. The molecule has 206 valence electrons. The molecule has 1 N–H and O–H groups in total. The van der Waals surface area contributed by atoms with Crippen LogP contribution in [-0.2, 0) is 6.54 Å². The van der Waals surface area contributed by atoms with Crippen LogP contribution in [0.2, 0.25) is 0 Å². The summed E-state index contributed by atoms with van der Waals surface area (Å²) in [5, 5.41) is 3.22. The second kappa shape index (κ2) is 12.8. The van der Waals surface area contributed by atoms with Crippen molar-refractivity contribution in [1.82, 2.24) is 15.1 Å². The van der Waals surface area contributed by atoms with Crippen LogP contribution in [0.25, 0.3) is 11.1 Å². The molecule has 2 aliphatic rings. The first-order chi connectivity index (χ1) is 19.0. The van der Waals surface area contributed by atoms with Crippen molar-refractivity contribution in [3.63, 3.8) is 0 Å². The van der Waals surface area contributed by atoms with E-state index in [1.54, 1.807) is 0 Å². The first-order valence-corrected chi connectivity index (χ1v) is 14.6. The number of ether oxygens (including phenoxy) is 1. The molecule has 5 nitrogen and oxygen atoms in total. The third kappa shape index (κ3) is 7.09. The van der Waals surface area contributed by atoms with Gasteiger partial charge in [-0.05, 0) is 74.7 Å². The van der Waals surface area contributed by atoms with Crippen molar-refractivity contribution in [1.29, 1.82) is 0 Å². The molecule has 3 aromatic rings. The number of likely N-dealkylation sites (tertiary alicyclic amines) is 1. The molecule has 2 fully saturated rings. The molecule has 3 aromatic carbocycles. The maximum Gasteiger partial charge on any atom is 0.251 e. The van der Waals surface area contributed by atoms with E-state index in [0.29, 0.717) is 12.1 Å². The van der Waals surface area contributed by atoms with Crippen LogP contribution in [-0.4, -0.2) is 61.1 Å². The molecule has 1 saturated heterocycles. The van der Waals surface area contributed by atoms with Gasteiger partial charge >= 0.3 is 0 Å². The highest BCUT2D eigenvalue weighted by atomic mass is 16.5. The van der Waals surface area contributed by atoms with Gasteiger partial charge in [0.15, 0.2) is 0 Å². The van der Waals surface area contributed by atoms with Gasteiger partial charge in [0.25, 0.3) is 5.91 Å². The Bertz CT molecular complexity index is 1190. The molecule has 1 heterocycles. The lowest BCUT2D eigenvalue weighted by molar-refractivity contribution is 0.0797. The van der Waals surface area contributed by atoms with E-state index in [-0.39, 0.29) is 17.6 Å². The Hall–Kier alpha value is -3.15. The van der Waals surface area contributed by atoms with Gasteiger partial charge in [0.05, 0.1) is 0 Å². The molecule has 0 aromatic heterocycles. The minimum absolute atomic E-state index is 0.0136. The van der Waals surface area contributed by atoms with Crippen LogP contribution in [0, 0.1) is 0 Å². The highest BCUT2D eigenvalue weighted by Gasteiger charge is 2.34. The summed E-state index contributed by atoms with van der Waals surface area (Å²) >= 11 is 0. The highest BCUT2D eigenvalue weighted by molar-refractivity contribution is 5.94. The predicted molar refractivity (Wildman–Crippen MR) is 159 cm³/mol. The fraction of sp³-hybridized carbons (Fsp3) is 0.441. The van der Waals surface area contributed by atoms with Crippen LogP contribution in [0.3, 0.4) is 0 Å². The van der Waals surface area contributed by atoms with Crippen LogP contribution < -0.4 is 10.1 Å². The van der Waals surface area contributed by atoms with Crippen molar-refractivity contribution in [2.75, 3.05) is 33.7 Å². The largest absolute Gasteiger partial charge is 0.490 e. The van der Waals surface area contributed by atoms with Crippen LogP contribution in [0.15, 0.2) is 78.9 Å². The van der Waals surface area contributed by atoms with Gasteiger partial charge in [-0.3, -0.25) is 9.69 Å². The van der Waals surface area contributed by atoms with Crippen molar-refractivity contribution in [2.24, 2.45) is 0 Å². The van der Waals surface area contributed by atoms with Crippen LogP contribution >= 0.6 is 0 Å². The topological polar surface area (TPSA) is 44.8 Å². The molecule has 39 heavy (non-hydrogen) atoms. The first kappa shape index (κ1) is 27.4. The summed E-state index contributed by atoms with van der Waals surface area (Å²) in [6, 6.07) is 27.1. The summed E-state index contributed by atoms with van der Waals surface area (Å²) in [6.07, 6.45) is 8.20. The van der Waals surface area contributed by atoms with Gasteiger partial charge < -0.3 is 15.0 Å². The maximum absolute atomic E-state index is 13.0. The van der Waals surface area contributed by atoms with Crippen LogP contribution in [0.1, 0.15) is 60.9 Å². The van der Waals surface area contributed by atoms with Crippen LogP contribution in [0.5, 0.6) is 5.75 Å². The summed E-state index contributed by atoms with van der Waals surface area (Å²) in [7, 11) is 4.28. The number of carbonyl (C=O) groups excluding carboxylic acids is 1. The van der Waals surface area contributed by atoms with Crippen molar-refractivity contribution in [3.05, 3.63) is 90.0 Å². The molecular formula is C34H43N3O2. The number of hydrogen-bond acceptors (Lipinski definition) is 4. The van der Waals surface area contributed by atoms with Gasteiger partial charge in [-0.15, -0.1) is 0 Å². The Kier molecular flexibility index (Phi) is 9.00. The summed E-state index contributed by atoms with van der Waals surface area (Å²) in [4.78, 5) is 17.8. The summed E-state index contributed by atoms with van der Waals surface area (Å²) in [5.74, 6) is 0.776. The molecule has 0 spiro atoms. The number of carbonyl (C=O) groups is 1. The van der Waals surface area contributed by atoms with Gasteiger partial charge in [-0.25, -0.2) is 0 Å². The zero-order valence-corrected chi connectivity index (χ0v) is 23.6. The third-order valence-electron chi connectivity index (χ3n) is 8.71. The standard InChI is InChI=1S/C34H43N3O2/c1-36(2)34(20-7-4-8-21-34)26-35-33(38)30-12-9-13-32(24-30)39-31-18-22-37(23-19-31)25-27-14-16-29(17-15-27)28-10-5-3-6-11-28/h3,5-6,9-17,24,31H,4,7-8,18-23,25-26H2,1-2H3,(H,35,38). The molecule has 1 aliphatic heterocycles. The van der Waals surface area contributed by atoms with Crippen molar-refractivity contribution >= 4 is 5.91 Å². The van der Waals surface area contributed by atoms with Gasteiger partial charge in [0, 0.05) is 37.3 Å². The van der Waals surface area contributed by atoms with E-state index >= 15 is 0 Å². The Balaban J connectivity index is 1.09. The average molecular weight is 526 g/mol. The number of hydrogen-bond donors (Lipinski definition) is 1. The molecule has 5 heteroatoms. The minimum atomic E-state index is -0.0136. The number of nitrogens with zero attached hydrogens (tertiary/aromatic N) is 2. The quantitative estimate of drug-likeness (QED) is 0.352. The molecule has 0 unspecified atom stereocenters. The highest BCUT2D eigenvalue weighted by Crippen LogP contribution is 2.32. The average Bonchev–Trinajstić information content (AvgIpc) is 2.98. The zero-order chi connectivity index (χ0) is 27.1. The van der Waals surface area contributed by atoms with E-state index in [4.69, 9.17) is 4.74 Å². The number of benzene rings is 3. The second-order valence-corrected chi connectivity index (χ2v) is 11.5. The van der Waals surface area contributed by atoms with E-state index in [0.717, 1.165) is 51.1 Å². The Labute approximate surface area is 234 Å². The predicted octanol–water partition coefficient (Wildman–Crippen LogP) is 6.39. The van der Waals surface area contributed by atoms with Gasteiger partial charge in [-0.1, -0.05) is 79.9 Å². The lowest BCUT2D eigenvalue weighted by atomic mass is 9.80. The summed E-state index contributed by atoms with van der Waals surface area (Å²) in [6.45, 7) is 3.68. The molecule has 0 atom stereocenters. The van der Waals surface area contributed by atoms with Gasteiger partial charge in [0.1, 0.15) is 11.9 Å². The number of nitrogens with one attached hydrogen (secondary N) is 1. The number of likely N-dealkylation sites (N-methyl/N-ethyl adjacent to an activating group) is 1. The maximum atomic E-state index is 13.0. The third-order valence-corrected chi connectivity index (χ3v) is 8.71. The normalized spacial score (nSPS) is 18.1. The van der Waals surface area contributed by atoms with E-state index in [2.05, 4.69) is 83.8 Å². The van der Waals surface area contributed by atoms with Crippen LogP contribution in [0.4, 0.5) is 0 Å². The van der Waals surface area contributed by atoms with E-state index in [1.807, 2.05) is 24.3 Å². The van der Waals surface area contributed by atoms with E-state index in [9.17, 15) is 4.79 Å². The monoisotopic (exact) mass is 525 g/mol. The SMILES string of the molecule is CN(C)C1(CNC(=O)c2cccc(OC3CCN(Cc4ccc(-c5ccccc5)cc4)CC3)c2)CCCCC1. The smallest absolute Gasteiger partial charge is 0.251 e. The molecule has 5 rings (SSSR count). The summed E-state index contributed by atoms with van der Waals surface area (Å²) < 4.78 is 6.35. The van der Waals surface area contributed by atoms with Crippen molar-refractivity contribution in [2.45, 2.75) is 63.1 Å². The molecular weight excluding hydrogens is 482 g/mol. The van der Waals surface area contributed by atoms with E-state index in [1.165, 1.54) is 36.0 Å². The lowest BCUT2D eigenvalue weighted by Crippen LogP contribution is -2.53. The second-order valence-electron chi connectivity index (χ2n) is 11.5.